The van der Waals surface area contributed by atoms with E-state index in [4.69, 9.17) is 21.1 Å². The van der Waals surface area contributed by atoms with Crippen LogP contribution in [0.4, 0.5) is 0 Å². The molecular weight excluding hydrogens is 416 g/mol. The molecule has 0 saturated carbocycles. The summed E-state index contributed by atoms with van der Waals surface area (Å²) in [5.41, 5.74) is 1.44. The minimum Gasteiger partial charge on any atom is -0.493 e. The number of ether oxygens (including phenoxy) is 2. The normalized spacial score (nSPS) is 11.1. The number of carbonyl (C=O) groups is 2. The molecular formula is C20H15ClN2O5S. The number of aromatic carboxylic acids is 1. The number of imidazole rings is 1. The number of carboxylic acid groups (broad SMARTS) is 1. The van der Waals surface area contributed by atoms with E-state index in [0.29, 0.717) is 37.7 Å². The van der Waals surface area contributed by atoms with Crippen molar-refractivity contribution in [2.24, 2.45) is 0 Å². The second-order valence-corrected chi connectivity index (χ2v) is 7.53. The Balaban J connectivity index is 2.04. The first kappa shape index (κ1) is 19.2. The summed E-state index contributed by atoms with van der Waals surface area (Å²) in [5, 5.41) is 10.6. The van der Waals surface area contributed by atoms with Gasteiger partial charge in [-0.2, -0.15) is 0 Å². The molecule has 0 aliphatic heterocycles. The second-order valence-electron chi connectivity index (χ2n) is 6.07. The molecule has 2 aromatic heterocycles. The first-order valence-corrected chi connectivity index (χ1v) is 9.84. The minimum atomic E-state index is -1.12. The van der Waals surface area contributed by atoms with Crippen LogP contribution >= 0.6 is 22.9 Å². The molecule has 0 amide bonds. The number of aromatic amines is 1. The van der Waals surface area contributed by atoms with Gasteiger partial charge in [0, 0.05) is 10.1 Å². The Morgan fingerprint density at radius 2 is 2.07 bits per heavy atom. The topological polar surface area (TPSA) is 102 Å². The van der Waals surface area contributed by atoms with Crippen LogP contribution in [0, 0.1) is 0 Å². The summed E-state index contributed by atoms with van der Waals surface area (Å²) in [7, 11) is 1.39. The number of methoxy groups -OCH3 is 1. The monoisotopic (exact) mass is 430 g/mol. The van der Waals surface area contributed by atoms with E-state index < -0.39 is 11.9 Å². The molecule has 2 aromatic carbocycles. The second kappa shape index (κ2) is 7.38. The van der Waals surface area contributed by atoms with Crippen LogP contribution in [0.1, 0.15) is 27.0 Å². The quantitative estimate of drug-likeness (QED) is 0.433. The minimum absolute atomic E-state index is 0.00289. The molecule has 148 valence electrons. The van der Waals surface area contributed by atoms with Crippen LogP contribution in [-0.4, -0.2) is 40.7 Å². The molecule has 0 saturated heterocycles. The van der Waals surface area contributed by atoms with E-state index in [0.717, 1.165) is 4.70 Å². The number of rotatable bonds is 5. The molecule has 9 heteroatoms. The van der Waals surface area contributed by atoms with Crippen molar-refractivity contribution < 1.29 is 24.2 Å². The van der Waals surface area contributed by atoms with E-state index in [1.54, 1.807) is 25.1 Å². The summed E-state index contributed by atoms with van der Waals surface area (Å²) in [6.07, 6.45) is 0. The number of thiophene rings is 1. The van der Waals surface area contributed by atoms with Gasteiger partial charge in [0.1, 0.15) is 21.8 Å². The van der Waals surface area contributed by atoms with Crippen molar-refractivity contribution in [3.8, 4) is 17.1 Å². The predicted molar refractivity (Wildman–Crippen MR) is 111 cm³/mol. The number of hydrogen-bond donors (Lipinski definition) is 2. The maximum Gasteiger partial charge on any atom is 0.349 e. The van der Waals surface area contributed by atoms with Gasteiger partial charge >= 0.3 is 11.9 Å². The zero-order valence-corrected chi connectivity index (χ0v) is 17.0. The number of H-pyrrole nitrogens is 1. The summed E-state index contributed by atoms with van der Waals surface area (Å²) in [4.78, 5) is 32.2. The lowest BCUT2D eigenvalue weighted by molar-refractivity contribution is 0.0532. The molecule has 4 rings (SSSR count). The SMILES string of the molecule is CCOC(=O)c1sc2cccc(Cl)c2c1-c1nc2c(OC)c(C(=O)O)ccc2[nH]1. The Morgan fingerprint density at radius 3 is 2.76 bits per heavy atom. The standard InChI is InChI=1S/C20H15ClN2O5S/c1-3-28-20(26)17-14(13-10(21)5-4-6-12(13)29-17)18-22-11-8-7-9(19(24)25)16(27-2)15(11)23-18/h4-8H,3H2,1-2H3,(H,22,23)(H,24,25). The van der Waals surface area contributed by atoms with Gasteiger partial charge in [-0.25, -0.2) is 14.6 Å². The van der Waals surface area contributed by atoms with Gasteiger partial charge in [0.25, 0.3) is 0 Å². The molecule has 0 radical (unpaired) electrons. The molecule has 0 bridgehead atoms. The first-order chi connectivity index (χ1) is 14.0. The summed E-state index contributed by atoms with van der Waals surface area (Å²) < 4.78 is 11.3. The maximum absolute atomic E-state index is 12.6. The number of carboxylic acids is 1. The lowest BCUT2D eigenvalue weighted by atomic mass is 10.1. The summed E-state index contributed by atoms with van der Waals surface area (Å²) in [6.45, 7) is 1.97. The van der Waals surface area contributed by atoms with Crippen LogP contribution in [0.5, 0.6) is 5.75 Å². The third-order valence-corrected chi connectivity index (χ3v) is 5.85. The van der Waals surface area contributed by atoms with Crippen LogP contribution in [-0.2, 0) is 4.74 Å². The van der Waals surface area contributed by atoms with Gasteiger partial charge in [-0.15, -0.1) is 11.3 Å². The average Bonchev–Trinajstić information content (AvgIpc) is 3.29. The predicted octanol–water partition coefficient (Wildman–Crippen LogP) is 4.98. The molecule has 2 heterocycles. The third-order valence-electron chi connectivity index (χ3n) is 4.40. The highest BCUT2D eigenvalue weighted by atomic mass is 35.5. The number of esters is 1. The van der Waals surface area contributed by atoms with Gasteiger partial charge in [0.05, 0.1) is 29.8 Å². The van der Waals surface area contributed by atoms with E-state index in [-0.39, 0.29) is 17.9 Å². The van der Waals surface area contributed by atoms with E-state index >= 15 is 0 Å². The lowest BCUT2D eigenvalue weighted by Gasteiger charge is -2.04. The van der Waals surface area contributed by atoms with Gasteiger partial charge < -0.3 is 19.6 Å². The number of nitrogens with one attached hydrogen (secondary N) is 1. The number of carbonyl (C=O) groups excluding carboxylic acids is 1. The van der Waals surface area contributed by atoms with Gasteiger partial charge in [0.15, 0.2) is 5.75 Å². The van der Waals surface area contributed by atoms with Crippen LogP contribution in [0.25, 0.3) is 32.5 Å². The highest BCUT2D eigenvalue weighted by Gasteiger charge is 2.26. The Kier molecular flexibility index (Phi) is 4.89. The van der Waals surface area contributed by atoms with E-state index in [2.05, 4.69) is 9.97 Å². The van der Waals surface area contributed by atoms with Crippen molar-refractivity contribution >= 4 is 56.0 Å². The smallest absolute Gasteiger partial charge is 0.349 e. The third kappa shape index (κ3) is 3.10. The molecule has 0 unspecified atom stereocenters. The Hall–Kier alpha value is -3.10. The van der Waals surface area contributed by atoms with Crippen molar-refractivity contribution in [1.29, 1.82) is 0 Å². The Labute approximate surface area is 173 Å². The van der Waals surface area contributed by atoms with Crippen molar-refractivity contribution in [3.63, 3.8) is 0 Å². The zero-order valence-electron chi connectivity index (χ0n) is 15.4. The summed E-state index contributed by atoms with van der Waals surface area (Å²) in [5.74, 6) is -1.08. The average molecular weight is 431 g/mol. The molecule has 2 N–H and O–H groups in total. The van der Waals surface area contributed by atoms with Gasteiger partial charge in [-0.3, -0.25) is 0 Å². The molecule has 7 nitrogen and oxygen atoms in total. The van der Waals surface area contributed by atoms with Gasteiger partial charge in [0.2, 0.25) is 0 Å². The molecule has 0 aliphatic carbocycles. The van der Waals surface area contributed by atoms with E-state index in [1.165, 1.54) is 24.5 Å². The number of aromatic nitrogens is 2. The van der Waals surface area contributed by atoms with Crippen LogP contribution in [0.3, 0.4) is 0 Å². The summed E-state index contributed by atoms with van der Waals surface area (Å²) >= 11 is 7.71. The molecule has 0 fully saturated rings. The number of benzene rings is 2. The van der Waals surface area contributed by atoms with Gasteiger partial charge in [-0.05, 0) is 31.2 Å². The fourth-order valence-corrected chi connectivity index (χ4v) is 4.67. The fourth-order valence-electron chi connectivity index (χ4n) is 3.22. The van der Waals surface area contributed by atoms with E-state index in [9.17, 15) is 14.7 Å². The maximum atomic E-state index is 12.6. The molecule has 4 aromatic rings. The van der Waals surface area contributed by atoms with Crippen LogP contribution < -0.4 is 4.74 Å². The zero-order chi connectivity index (χ0) is 20.7. The molecule has 29 heavy (non-hydrogen) atoms. The van der Waals surface area contributed by atoms with Crippen molar-refractivity contribution in [3.05, 3.63) is 45.8 Å². The largest absolute Gasteiger partial charge is 0.493 e. The highest BCUT2D eigenvalue weighted by molar-refractivity contribution is 7.21. The number of fused-ring (bicyclic) bond motifs is 2. The molecule has 0 atom stereocenters. The number of nitrogens with zero attached hydrogens (tertiary/aromatic N) is 1. The molecule has 0 spiro atoms. The Bertz CT molecular complexity index is 1280. The van der Waals surface area contributed by atoms with Crippen LogP contribution in [0.2, 0.25) is 5.02 Å². The van der Waals surface area contributed by atoms with E-state index in [1.807, 2.05) is 6.07 Å². The van der Waals surface area contributed by atoms with Gasteiger partial charge in [-0.1, -0.05) is 17.7 Å². The lowest BCUT2D eigenvalue weighted by Crippen LogP contribution is -2.04. The van der Waals surface area contributed by atoms with Crippen molar-refractivity contribution in [2.45, 2.75) is 6.92 Å². The van der Waals surface area contributed by atoms with Crippen molar-refractivity contribution in [2.75, 3.05) is 13.7 Å². The highest BCUT2D eigenvalue weighted by Crippen LogP contribution is 2.43. The number of halogens is 1. The number of hydrogen-bond acceptors (Lipinski definition) is 6. The molecule has 0 aliphatic rings. The van der Waals surface area contributed by atoms with Crippen molar-refractivity contribution in [1.82, 2.24) is 9.97 Å². The summed E-state index contributed by atoms with van der Waals surface area (Å²) in [6, 6.07) is 8.46. The van der Waals surface area contributed by atoms with Crippen LogP contribution in [0.15, 0.2) is 30.3 Å². The Morgan fingerprint density at radius 1 is 1.28 bits per heavy atom. The fraction of sp³-hybridized carbons (Fsp3) is 0.150. The first-order valence-electron chi connectivity index (χ1n) is 8.64.